The van der Waals surface area contributed by atoms with Gasteiger partial charge in [-0.15, -0.1) is 11.8 Å². The van der Waals surface area contributed by atoms with Crippen molar-refractivity contribution in [3.05, 3.63) is 76.7 Å². The van der Waals surface area contributed by atoms with E-state index in [1.54, 1.807) is 36.4 Å². The number of hydrogen-bond acceptors (Lipinski definition) is 4. The molecule has 27 heavy (non-hydrogen) atoms. The Morgan fingerprint density at radius 2 is 1.81 bits per heavy atom. The highest BCUT2D eigenvalue weighted by molar-refractivity contribution is 9.10. The van der Waals surface area contributed by atoms with Crippen LogP contribution in [0.3, 0.4) is 0 Å². The summed E-state index contributed by atoms with van der Waals surface area (Å²) in [5.41, 5.74) is 2.31. The zero-order valence-electron chi connectivity index (χ0n) is 14.5. The van der Waals surface area contributed by atoms with E-state index in [-0.39, 0.29) is 17.6 Å². The molecule has 2 amide bonds. The minimum absolute atomic E-state index is 0.114. The molecule has 2 aromatic carbocycles. The third-order valence-electron chi connectivity index (χ3n) is 3.64. The van der Waals surface area contributed by atoms with Gasteiger partial charge in [0.15, 0.2) is 5.76 Å². The van der Waals surface area contributed by atoms with E-state index >= 15 is 0 Å². The van der Waals surface area contributed by atoms with Gasteiger partial charge in [0.2, 0.25) is 5.91 Å². The normalized spacial score (nSPS) is 10.4. The molecule has 0 bridgehead atoms. The van der Waals surface area contributed by atoms with E-state index in [0.29, 0.717) is 17.1 Å². The first-order valence-corrected chi connectivity index (χ1v) is 9.93. The summed E-state index contributed by atoms with van der Waals surface area (Å²) in [5.74, 6) is 0.0677. The van der Waals surface area contributed by atoms with Gasteiger partial charge in [-0.2, -0.15) is 0 Å². The maximum atomic E-state index is 12.2. The summed E-state index contributed by atoms with van der Waals surface area (Å²) in [6.07, 6.45) is 1.44. The minimum Gasteiger partial charge on any atom is -0.459 e. The highest BCUT2D eigenvalue weighted by Crippen LogP contribution is 2.25. The van der Waals surface area contributed by atoms with Crippen LogP contribution in [0.2, 0.25) is 0 Å². The number of thioether (sulfide) groups is 1. The van der Waals surface area contributed by atoms with E-state index in [2.05, 4.69) is 26.6 Å². The second-order valence-electron chi connectivity index (χ2n) is 5.76. The van der Waals surface area contributed by atoms with Crippen LogP contribution in [-0.4, -0.2) is 17.6 Å². The number of benzene rings is 2. The van der Waals surface area contributed by atoms with Gasteiger partial charge in [-0.3, -0.25) is 9.59 Å². The minimum atomic E-state index is -0.343. The number of carbonyl (C=O) groups is 2. The van der Waals surface area contributed by atoms with E-state index in [4.69, 9.17) is 4.42 Å². The quantitative estimate of drug-likeness (QED) is 0.503. The van der Waals surface area contributed by atoms with Crippen LogP contribution in [0.1, 0.15) is 16.1 Å². The first kappa shape index (κ1) is 19.3. The lowest BCUT2D eigenvalue weighted by atomic mass is 10.2. The lowest BCUT2D eigenvalue weighted by Gasteiger charge is -2.09. The molecule has 2 N–H and O–H groups in total. The monoisotopic (exact) mass is 444 g/mol. The summed E-state index contributed by atoms with van der Waals surface area (Å²) in [7, 11) is 0. The Bertz CT molecular complexity index is 958. The van der Waals surface area contributed by atoms with Crippen molar-refractivity contribution in [3.8, 4) is 0 Å². The Labute approximate surface area is 169 Å². The van der Waals surface area contributed by atoms with E-state index in [1.807, 2.05) is 25.1 Å². The summed E-state index contributed by atoms with van der Waals surface area (Å²) in [5, 5.41) is 5.58. The summed E-state index contributed by atoms with van der Waals surface area (Å²) >= 11 is 4.91. The summed E-state index contributed by atoms with van der Waals surface area (Å²) in [6, 6.07) is 16.2. The Kier molecular flexibility index (Phi) is 6.36. The first-order chi connectivity index (χ1) is 13.0. The molecule has 0 fully saturated rings. The lowest BCUT2D eigenvalue weighted by Crippen LogP contribution is -2.15. The van der Waals surface area contributed by atoms with Crippen LogP contribution in [0.15, 0.2) is 74.6 Å². The maximum Gasteiger partial charge on any atom is 0.291 e. The Morgan fingerprint density at radius 1 is 1.04 bits per heavy atom. The molecule has 0 aliphatic heterocycles. The van der Waals surface area contributed by atoms with Crippen molar-refractivity contribution in [2.45, 2.75) is 11.8 Å². The van der Waals surface area contributed by atoms with Gasteiger partial charge in [0.25, 0.3) is 5.91 Å². The highest BCUT2D eigenvalue weighted by atomic mass is 79.9. The standard InChI is InChI=1S/C20H17BrN2O3S/c1-13-10-14(21)7-8-18(13)27-12-19(24)22-15-4-2-5-16(11-15)23-20(25)17-6-3-9-26-17/h2-11H,12H2,1H3,(H,22,24)(H,23,25). The van der Waals surface area contributed by atoms with Crippen LogP contribution >= 0.6 is 27.7 Å². The molecule has 3 aromatic rings. The number of hydrogen-bond donors (Lipinski definition) is 2. The van der Waals surface area contributed by atoms with E-state index in [0.717, 1.165) is 14.9 Å². The fourth-order valence-corrected chi connectivity index (χ4v) is 3.68. The van der Waals surface area contributed by atoms with Crippen LogP contribution in [0.25, 0.3) is 0 Å². The average molecular weight is 445 g/mol. The SMILES string of the molecule is Cc1cc(Br)ccc1SCC(=O)Nc1cccc(NC(=O)c2ccco2)c1. The molecule has 0 spiro atoms. The fraction of sp³-hybridized carbons (Fsp3) is 0.100. The van der Waals surface area contributed by atoms with E-state index in [9.17, 15) is 9.59 Å². The van der Waals surface area contributed by atoms with Gasteiger partial charge >= 0.3 is 0 Å². The van der Waals surface area contributed by atoms with Gasteiger partial charge in [-0.05, 0) is 61.0 Å². The zero-order chi connectivity index (χ0) is 19.2. The summed E-state index contributed by atoms with van der Waals surface area (Å²) in [6.45, 7) is 2.01. The number of rotatable bonds is 6. The molecule has 5 nitrogen and oxygen atoms in total. The molecule has 0 saturated heterocycles. The highest BCUT2D eigenvalue weighted by Gasteiger charge is 2.10. The molecule has 1 heterocycles. The summed E-state index contributed by atoms with van der Waals surface area (Å²) < 4.78 is 6.08. The van der Waals surface area contributed by atoms with Crippen LogP contribution in [-0.2, 0) is 4.79 Å². The van der Waals surface area contributed by atoms with E-state index in [1.165, 1.54) is 18.0 Å². The van der Waals surface area contributed by atoms with Gasteiger partial charge in [-0.25, -0.2) is 0 Å². The van der Waals surface area contributed by atoms with Crippen LogP contribution < -0.4 is 10.6 Å². The molecular formula is C20H17BrN2O3S. The topological polar surface area (TPSA) is 71.3 Å². The van der Waals surface area contributed by atoms with Crippen LogP contribution in [0.4, 0.5) is 11.4 Å². The predicted molar refractivity (Wildman–Crippen MR) is 111 cm³/mol. The second kappa shape index (κ2) is 8.92. The maximum absolute atomic E-state index is 12.2. The van der Waals surface area contributed by atoms with Crippen molar-refractivity contribution < 1.29 is 14.0 Å². The molecule has 0 aliphatic rings. The molecule has 1 aromatic heterocycles. The van der Waals surface area contributed by atoms with Crippen molar-refractivity contribution >= 4 is 50.9 Å². The van der Waals surface area contributed by atoms with Crippen molar-refractivity contribution in [2.75, 3.05) is 16.4 Å². The fourth-order valence-electron chi connectivity index (χ4n) is 2.39. The van der Waals surface area contributed by atoms with Gasteiger partial charge in [0.05, 0.1) is 12.0 Å². The van der Waals surface area contributed by atoms with Crippen molar-refractivity contribution in [2.24, 2.45) is 0 Å². The number of amides is 2. The number of aryl methyl sites for hydroxylation is 1. The molecule has 0 aliphatic carbocycles. The average Bonchev–Trinajstić information content (AvgIpc) is 3.16. The lowest BCUT2D eigenvalue weighted by molar-refractivity contribution is -0.113. The largest absolute Gasteiger partial charge is 0.459 e. The van der Waals surface area contributed by atoms with Gasteiger partial charge in [0, 0.05) is 20.7 Å². The molecule has 0 radical (unpaired) electrons. The number of nitrogens with one attached hydrogen (secondary N) is 2. The van der Waals surface area contributed by atoms with Gasteiger partial charge < -0.3 is 15.1 Å². The van der Waals surface area contributed by atoms with Crippen LogP contribution in [0, 0.1) is 6.92 Å². The smallest absolute Gasteiger partial charge is 0.291 e. The van der Waals surface area contributed by atoms with E-state index < -0.39 is 0 Å². The molecule has 0 unspecified atom stereocenters. The Balaban J connectivity index is 1.57. The Hall–Kier alpha value is -2.51. The molecule has 0 saturated carbocycles. The van der Waals surface area contributed by atoms with Crippen LogP contribution in [0.5, 0.6) is 0 Å². The van der Waals surface area contributed by atoms with Crippen molar-refractivity contribution in [3.63, 3.8) is 0 Å². The summed E-state index contributed by atoms with van der Waals surface area (Å²) in [4.78, 5) is 25.3. The van der Waals surface area contributed by atoms with Gasteiger partial charge in [0.1, 0.15) is 0 Å². The Morgan fingerprint density at radius 3 is 2.52 bits per heavy atom. The zero-order valence-corrected chi connectivity index (χ0v) is 16.9. The number of carbonyl (C=O) groups excluding carboxylic acids is 2. The molecule has 0 atom stereocenters. The number of anilines is 2. The molecule has 138 valence electrons. The first-order valence-electron chi connectivity index (χ1n) is 8.15. The van der Waals surface area contributed by atoms with Crippen molar-refractivity contribution in [1.82, 2.24) is 0 Å². The number of halogens is 1. The molecule has 3 rings (SSSR count). The molecular weight excluding hydrogens is 428 g/mol. The second-order valence-corrected chi connectivity index (χ2v) is 7.69. The third kappa shape index (κ3) is 5.48. The van der Waals surface area contributed by atoms with Crippen molar-refractivity contribution in [1.29, 1.82) is 0 Å². The van der Waals surface area contributed by atoms with Gasteiger partial charge in [-0.1, -0.05) is 22.0 Å². The number of furan rings is 1. The molecule has 7 heteroatoms. The third-order valence-corrected chi connectivity index (χ3v) is 5.31. The predicted octanol–water partition coefficient (Wildman–Crippen LogP) is 5.33.